The van der Waals surface area contributed by atoms with Gasteiger partial charge in [0, 0.05) is 6.92 Å². The number of aliphatic hydroxyl groups excluding tert-OH is 1. The predicted octanol–water partition coefficient (Wildman–Crippen LogP) is -0.112. The van der Waals surface area contributed by atoms with Gasteiger partial charge in [0.25, 0.3) is 0 Å². The molecule has 20 heavy (non-hydrogen) atoms. The van der Waals surface area contributed by atoms with Crippen LogP contribution in [-0.2, 0) is 0 Å². The molecule has 0 bridgehead atoms. The molecule has 2 heterocycles. The van der Waals surface area contributed by atoms with E-state index < -0.39 is 18.3 Å². The summed E-state index contributed by atoms with van der Waals surface area (Å²) in [5, 5.41) is 8.88. The number of rotatable bonds is 3. The van der Waals surface area contributed by atoms with E-state index in [1.807, 2.05) is 0 Å². The van der Waals surface area contributed by atoms with Gasteiger partial charge in [-0.3, -0.25) is 4.79 Å². The van der Waals surface area contributed by atoms with Crippen LogP contribution in [0.2, 0.25) is 0 Å². The molecule has 0 radical (unpaired) electrons. The van der Waals surface area contributed by atoms with Crippen molar-refractivity contribution in [1.29, 1.82) is 0 Å². The van der Waals surface area contributed by atoms with Crippen molar-refractivity contribution in [3.8, 4) is 0 Å². The second kappa shape index (κ2) is 5.43. The third-order valence-corrected chi connectivity index (χ3v) is 3.83. The van der Waals surface area contributed by atoms with E-state index in [0.717, 1.165) is 11.3 Å². The summed E-state index contributed by atoms with van der Waals surface area (Å²) < 4.78 is 1.30. The molecule has 8 heteroatoms. The van der Waals surface area contributed by atoms with E-state index in [4.69, 9.17) is 10.8 Å². The van der Waals surface area contributed by atoms with Crippen LogP contribution in [0.25, 0.3) is 0 Å². The number of carbonyl (C=O) groups excluding carboxylic acids is 2. The zero-order valence-electron chi connectivity index (χ0n) is 11.0. The molecule has 0 fully saturated rings. The number of Topliss-reactive ketones (excluding diaryl/α,β-unsaturated/α-hetero) is 1. The second-order valence-corrected chi connectivity index (χ2v) is 4.97. The topological polar surface area (TPSA) is 110 Å². The smallest absolute Gasteiger partial charge is 0.388 e. The quantitative estimate of drug-likeness (QED) is 0.603. The van der Waals surface area contributed by atoms with Crippen molar-refractivity contribution < 1.29 is 19.3 Å². The minimum atomic E-state index is -0.592. The molecule has 104 valence electrons. The Morgan fingerprint density at radius 1 is 1.45 bits per heavy atom. The number of nitrogens with zero attached hydrogens (tertiary/aromatic N) is 3. The number of thiazole rings is 1. The summed E-state index contributed by atoms with van der Waals surface area (Å²) in [6.45, 7) is 2.71. The number of hydrogen-bond donors (Lipinski definition) is 2. The Balaban J connectivity index is 2.44. The molecule has 2 aromatic rings. The van der Waals surface area contributed by atoms with Gasteiger partial charge in [0.05, 0.1) is 6.20 Å². The summed E-state index contributed by atoms with van der Waals surface area (Å²) in [4.78, 5) is 32.1. The van der Waals surface area contributed by atoms with E-state index in [1.165, 1.54) is 16.3 Å². The Kier molecular flexibility index (Phi) is 3.86. The van der Waals surface area contributed by atoms with Crippen molar-refractivity contribution in [2.75, 3.05) is 12.3 Å². The van der Waals surface area contributed by atoms with Crippen LogP contribution in [-0.4, -0.2) is 33.4 Å². The predicted molar refractivity (Wildman–Crippen MR) is 71.6 cm³/mol. The van der Waals surface area contributed by atoms with Gasteiger partial charge >= 0.3 is 5.91 Å². The number of anilines is 1. The fraction of sp³-hybridized carbons (Fsp3) is 0.250. The summed E-state index contributed by atoms with van der Waals surface area (Å²) in [5.74, 6) is -0.265. The van der Waals surface area contributed by atoms with Crippen LogP contribution in [0.3, 0.4) is 0 Å². The Morgan fingerprint density at radius 3 is 2.75 bits per heavy atom. The maximum absolute atomic E-state index is 12.4. The number of nitrogen functional groups attached to an aromatic ring is 1. The summed E-state index contributed by atoms with van der Waals surface area (Å²) in [6, 6.07) is 0. The Morgan fingerprint density at radius 2 is 2.15 bits per heavy atom. The van der Waals surface area contributed by atoms with Crippen LogP contribution in [0.1, 0.15) is 31.5 Å². The highest BCUT2D eigenvalue weighted by molar-refractivity contribution is 7.11. The number of carbonyl (C=O) groups is 2. The van der Waals surface area contributed by atoms with Gasteiger partial charge in [-0.05, 0) is 6.92 Å². The van der Waals surface area contributed by atoms with Crippen molar-refractivity contribution in [1.82, 2.24) is 9.97 Å². The highest BCUT2D eigenvalue weighted by Crippen LogP contribution is 2.14. The van der Waals surface area contributed by atoms with Gasteiger partial charge in [-0.1, -0.05) is 11.3 Å². The third kappa shape index (κ3) is 2.43. The van der Waals surface area contributed by atoms with Gasteiger partial charge in [0.1, 0.15) is 23.1 Å². The number of aliphatic hydroxyl groups is 1. The van der Waals surface area contributed by atoms with E-state index in [0.29, 0.717) is 16.4 Å². The number of ketones is 1. The molecule has 0 saturated heterocycles. The summed E-state index contributed by atoms with van der Waals surface area (Å²) in [7, 11) is 0. The van der Waals surface area contributed by atoms with Gasteiger partial charge in [0.2, 0.25) is 17.0 Å². The molecule has 0 spiro atoms. The van der Waals surface area contributed by atoms with Crippen LogP contribution >= 0.6 is 11.3 Å². The highest BCUT2D eigenvalue weighted by Gasteiger charge is 2.29. The molecule has 0 atom stereocenters. The van der Waals surface area contributed by atoms with Crippen molar-refractivity contribution in [3.63, 3.8) is 0 Å². The molecular formula is C12H13N4O3S+. The minimum absolute atomic E-state index is 0.0932. The summed E-state index contributed by atoms with van der Waals surface area (Å²) in [5.41, 5.74) is 7.84. The number of aryl methyl sites for hydroxylation is 1. The first-order valence-corrected chi connectivity index (χ1v) is 6.61. The molecule has 7 nitrogen and oxygen atoms in total. The van der Waals surface area contributed by atoms with E-state index >= 15 is 0 Å². The van der Waals surface area contributed by atoms with Crippen molar-refractivity contribution in [2.24, 2.45) is 0 Å². The molecule has 0 aliphatic heterocycles. The molecule has 0 aliphatic rings. The molecule has 0 saturated carbocycles. The van der Waals surface area contributed by atoms with Gasteiger partial charge in [-0.25, -0.2) is 14.8 Å². The molecule has 0 aliphatic carbocycles. The van der Waals surface area contributed by atoms with Gasteiger partial charge < -0.3 is 10.8 Å². The Labute approximate surface area is 118 Å². The third-order valence-electron chi connectivity index (χ3n) is 2.75. The number of aromatic nitrogens is 3. The van der Waals surface area contributed by atoms with Crippen molar-refractivity contribution in [3.05, 3.63) is 33.7 Å². The monoisotopic (exact) mass is 293 g/mol. The van der Waals surface area contributed by atoms with Gasteiger partial charge in [-0.15, -0.1) is 4.57 Å². The lowest BCUT2D eigenvalue weighted by molar-refractivity contribution is -0.572. The maximum atomic E-state index is 12.4. The Bertz CT molecular complexity index is 696. The van der Waals surface area contributed by atoms with Crippen LogP contribution in [0.5, 0.6) is 0 Å². The molecule has 3 N–H and O–H groups in total. The lowest BCUT2D eigenvalue weighted by atomic mass is 10.2. The van der Waals surface area contributed by atoms with Gasteiger partial charge in [-0.2, -0.15) is 0 Å². The van der Waals surface area contributed by atoms with E-state index in [-0.39, 0.29) is 11.4 Å². The highest BCUT2D eigenvalue weighted by atomic mass is 32.1. The normalized spacial score (nSPS) is 10.6. The van der Waals surface area contributed by atoms with E-state index in [1.54, 1.807) is 13.8 Å². The lowest BCUT2D eigenvalue weighted by Gasteiger charge is -1.99. The van der Waals surface area contributed by atoms with E-state index in [2.05, 4.69) is 9.97 Å². The van der Waals surface area contributed by atoms with Crippen LogP contribution < -0.4 is 10.3 Å². The van der Waals surface area contributed by atoms with Crippen molar-refractivity contribution in [2.45, 2.75) is 13.8 Å². The fourth-order valence-electron chi connectivity index (χ4n) is 1.70. The lowest BCUT2D eigenvalue weighted by Crippen LogP contribution is -2.44. The molecule has 0 amide bonds. The molecule has 2 rings (SSSR count). The average molecular weight is 293 g/mol. The second-order valence-electron chi connectivity index (χ2n) is 4.11. The Hall–Kier alpha value is -2.19. The minimum Gasteiger partial charge on any atom is -0.388 e. The zero-order valence-corrected chi connectivity index (χ0v) is 11.8. The number of hydrogen-bond acceptors (Lipinski definition) is 7. The van der Waals surface area contributed by atoms with Crippen LogP contribution in [0, 0.1) is 13.8 Å². The zero-order chi connectivity index (χ0) is 14.9. The molecule has 2 aromatic heterocycles. The van der Waals surface area contributed by atoms with Crippen molar-refractivity contribution >= 4 is 28.8 Å². The first-order chi connectivity index (χ1) is 9.45. The molecule has 0 aromatic carbocycles. The summed E-state index contributed by atoms with van der Waals surface area (Å²) >= 11 is 1.09. The van der Waals surface area contributed by atoms with Gasteiger partial charge in [0.15, 0.2) is 5.56 Å². The van der Waals surface area contributed by atoms with E-state index in [9.17, 15) is 9.59 Å². The maximum Gasteiger partial charge on any atom is 0.430 e. The molecular weight excluding hydrogens is 280 g/mol. The average Bonchev–Trinajstić information content (AvgIpc) is 2.79. The SMILES string of the molecule is Cc1ncc(C(=O)[n+]2csc(C(=O)CO)c2C)c(N)n1. The fourth-order valence-corrected chi connectivity index (χ4v) is 2.63. The first kappa shape index (κ1) is 14.2. The first-order valence-electron chi connectivity index (χ1n) is 5.73. The largest absolute Gasteiger partial charge is 0.430 e. The molecule has 0 unspecified atom stereocenters. The number of nitrogens with two attached hydrogens (primary N) is 1. The standard InChI is InChI=1S/C12H12N4O3S/c1-6-10(9(18)4-17)20-5-16(6)12(19)8-3-14-7(2)15-11(8)13/h3,5,17H,4H2,1-2H3,(H-,13,14,15,19)/p+1. The van der Waals surface area contributed by atoms with Crippen LogP contribution in [0.4, 0.5) is 5.82 Å². The summed E-state index contributed by atoms with van der Waals surface area (Å²) in [6.07, 6.45) is 1.36. The van der Waals surface area contributed by atoms with Crippen LogP contribution in [0.15, 0.2) is 11.7 Å².